The van der Waals surface area contributed by atoms with Gasteiger partial charge in [-0.2, -0.15) is 0 Å². The molecule has 0 saturated carbocycles. The van der Waals surface area contributed by atoms with E-state index in [2.05, 4.69) is 6.58 Å². The number of ether oxygens (including phenoxy) is 1. The molecule has 3 rings (SSSR count). The number of ketones is 1. The van der Waals surface area contributed by atoms with Crippen molar-refractivity contribution in [2.24, 2.45) is 0 Å². The SMILES string of the molecule is C=C(C(=O)c1cc2ccc(OC)cc2s1)c1cccc(F)c1. The van der Waals surface area contributed by atoms with Crippen LogP contribution in [0.4, 0.5) is 4.39 Å². The Kier molecular flexibility index (Phi) is 3.77. The minimum atomic E-state index is -0.382. The molecular weight excluding hydrogens is 299 g/mol. The molecule has 0 aliphatic rings. The molecule has 1 aromatic heterocycles. The molecule has 2 aromatic carbocycles. The normalized spacial score (nSPS) is 10.6. The van der Waals surface area contributed by atoms with Gasteiger partial charge >= 0.3 is 0 Å². The molecule has 0 unspecified atom stereocenters. The van der Waals surface area contributed by atoms with E-state index in [1.165, 1.54) is 23.5 Å². The highest BCUT2D eigenvalue weighted by Crippen LogP contribution is 2.31. The van der Waals surface area contributed by atoms with E-state index in [9.17, 15) is 9.18 Å². The number of methoxy groups -OCH3 is 1. The van der Waals surface area contributed by atoms with Crippen molar-refractivity contribution in [2.75, 3.05) is 7.11 Å². The molecule has 0 amide bonds. The largest absolute Gasteiger partial charge is 0.497 e. The molecule has 3 aromatic rings. The predicted octanol–water partition coefficient (Wildman–Crippen LogP) is 4.95. The van der Waals surface area contributed by atoms with Gasteiger partial charge in [-0.05, 0) is 47.3 Å². The van der Waals surface area contributed by atoms with Crippen LogP contribution < -0.4 is 4.74 Å². The van der Waals surface area contributed by atoms with Crippen LogP contribution >= 0.6 is 11.3 Å². The molecule has 0 fully saturated rings. The number of carbonyl (C=O) groups is 1. The minimum absolute atomic E-state index is 0.189. The molecule has 0 spiro atoms. The average Bonchev–Trinajstić information content (AvgIpc) is 2.96. The van der Waals surface area contributed by atoms with Gasteiger partial charge in [-0.1, -0.05) is 18.7 Å². The highest BCUT2D eigenvalue weighted by molar-refractivity contribution is 7.21. The Labute approximate surface area is 131 Å². The number of halogens is 1. The lowest BCUT2D eigenvalue weighted by atomic mass is 10.0. The molecule has 110 valence electrons. The van der Waals surface area contributed by atoms with E-state index < -0.39 is 0 Å². The Morgan fingerprint density at radius 2 is 2.00 bits per heavy atom. The molecule has 22 heavy (non-hydrogen) atoms. The van der Waals surface area contributed by atoms with Gasteiger partial charge in [-0.3, -0.25) is 4.79 Å². The van der Waals surface area contributed by atoms with E-state index >= 15 is 0 Å². The summed E-state index contributed by atoms with van der Waals surface area (Å²) >= 11 is 1.38. The third-order valence-electron chi connectivity index (χ3n) is 3.40. The van der Waals surface area contributed by atoms with E-state index in [-0.39, 0.29) is 17.2 Å². The molecule has 0 N–H and O–H groups in total. The van der Waals surface area contributed by atoms with E-state index in [0.717, 1.165) is 15.8 Å². The van der Waals surface area contributed by atoms with Crippen molar-refractivity contribution in [3.05, 3.63) is 71.4 Å². The fourth-order valence-electron chi connectivity index (χ4n) is 2.21. The van der Waals surface area contributed by atoms with Gasteiger partial charge in [0, 0.05) is 10.3 Å². The molecule has 0 saturated heterocycles. The van der Waals surface area contributed by atoms with Crippen LogP contribution in [0.2, 0.25) is 0 Å². The fraction of sp³-hybridized carbons (Fsp3) is 0.0556. The Balaban J connectivity index is 1.96. The third kappa shape index (κ3) is 2.65. The summed E-state index contributed by atoms with van der Waals surface area (Å²) in [4.78, 5) is 13.1. The topological polar surface area (TPSA) is 26.3 Å². The lowest BCUT2D eigenvalue weighted by molar-refractivity contribution is 0.106. The third-order valence-corrected chi connectivity index (χ3v) is 4.49. The van der Waals surface area contributed by atoms with E-state index in [0.29, 0.717) is 10.4 Å². The van der Waals surface area contributed by atoms with E-state index in [1.807, 2.05) is 24.3 Å². The van der Waals surface area contributed by atoms with Crippen LogP contribution in [0.3, 0.4) is 0 Å². The quantitative estimate of drug-likeness (QED) is 0.503. The predicted molar refractivity (Wildman–Crippen MR) is 88.1 cm³/mol. The van der Waals surface area contributed by atoms with Gasteiger partial charge in [0.1, 0.15) is 11.6 Å². The van der Waals surface area contributed by atoms with Crippen LogP contribution in [-0.4, -0.2) is 12.9 Å². The molecule has 4 heteroatoms. The maximum atomic E-state index is 13.3. The Hall–Kier alpha value is -2.46. The summed E-state index contributed by atoms with van der Waals surface area (Å²) in [7, 11) is 1.60. The average molecular weight is 312 g/mol. The van der Waals surface area contributed by atoms with Crippen molar-refractivity contribution in [3.8, 4) is 5.75 Å². The number of fused-ring (bicyclic) bond motifs is 1. The summed E-state index contributed by atoms with van der Waals surface area (Å²) in [6.45, 7) is 3.81. The summed E-state index contributed by atoms with van der Waals surface area (Å²) in [6, 6.07) is 13.4. The molecule has 1 heterocycles. The second kappa shape index (κ2) is 5.73. The number of rotatable bonds is 4. The summed E-state index contributed by atoms with van der Waals surface area (Å²) in [5, 5.41) is 0.973. The summed E-state index contributed by atoms with van der Waals surface area (Å²) in [6.07, 6.45) is 0. The second-order valence-corrected chi connectivity index (χ2v) is 5.92. The Morgan fingerprint density at radius 1 is 1.18 bits per heavy atom. The van der Waals surface area contributed by atoms with E-state index in [1.54, 1.807) is 19.2 Å². The van der Waals surface area contributed by atoms with Gasteiger partial charge in [-0.15, -0.1) is 11.3 Å². The van der Waals surface area contributed by atoms with Crippen LogP contribution in [-0.2, 0) is 0 Å². The number of benzene rings is 2. The Bertz CT molecular complexity index is 880. The zero-order valence-electron chi connectivity index (χ0n) is 11.9. The van der Waals surface area contributed by atoms with E-state index in [4.69, 9.17) is 4.74 Å². The summed E-state index contributed by atoms with van der Waals surface area (Å²) in [5.41, 5.74) is 0.790. The molecule has 0 radical (unpaired) electrons. The van der Waals surface area contributed by atoms with Gasteiger partial charge in [0.15, 0.2) is 0 Å². The van der Waals surface area contributed by atoms with Crippen molar-refractivity contribution < 1.29 is 13.9 Å². The number of hydrogen-bond donors (Lipinski definition) is 0. The van der Waals surface area contributed by atoms with Gasteiger partial charge < -0.3 is 4.74 Å². The van der Waals surface area contributed by atoms with Crippen molar-refractivity contribution >= 4 is 32.8 Å². The zero-order valence-corrected chi connectivity index (χ0v) is 12.7. The highest BCUT2D eigenvalue weighted by atomic mass is 32.1. The Morgan fingerprint density at radius 3 is 2.73 bits per heavy atom. The van der Waals surface area contributed by atoms with Crippen LogP contribution in [0.15, 0.2) is 55.1 Å². The molecular formula is C18H13FO2S. The first-order chi connectivity index (χ1) is 10.6. The molecule has 0 aliphatic heterocycles. The van der Waals surface area contributed by atoms with Crippen LogP contribution in [0.1, 0.15) is 15.2 Å². The second-order valence-electron chi connectivity index (χ2n) is 4.83. The van der Waals surface area contributed by atoms with Crippen molar-refractivity contribution in [1.29, 1.82) is 0 Å². The lowest BCUT2D eigenvalue weighted by Gasteiger charge is -2.03. The van der Waals surface area contributed by atoms with Crippen LogP contribution in [0.25, 0.3) is 15.7 Å². The number of Topliss-reactive ketones (excluding diaryl/α,β-unsaturated/α-hetero) is 1. The molecule has 0 atom stereocenters. The number of thiophene rings is 1. The maximum absolute atomic E-state index is 13.3. The number of hydrogen-bond acceptors (Lipinski definition) is 3. The first-order valence-electron chi connectivity index (χ1n) is 6.65. The fourth-order valence-corrected chi connectivity index (χ4v) is 3.26. The zero-order chi connectivity index (χ0) is 15.7. The molecule has 0 bridgehead atoms. The molecule has 0 aliphatic carbocycles. The van der Waals surface area contributed by atoms with Crippen LogP contribution in [0.5, 0.6) is 5.75 Å². The van der Waals surface area contributed by atoms with Crippen molar-refractivity contribution in [1.82, 2.24) is 0 Å². The van der Waals surface area contributed by atoms with Gasteiger partial charge in [0.05, 0.1) is 12.0 Å². The number of allylic oxidation sites excluding steroid dienone is 1. The highest BCUT2D eigenvalue weighted by Gasteiger charge is 2.16. The van der Waals surface area contributed by atoms with Gasteiger partial charge in [0.25, 0.3) is 0 Å². The van der Waals surface area contributed by atoms with Crippen molar-refractivity contribution in [2.45, 2.75) is 0 Å². The number of carbonyl (C=O) groups excluding carboxylic acids is 1. The standard InChI is InChI=1S/C18H13FO2S/c1-11(12-4-3-5-14(19)8-12)18(20)17-9-13-6-7-15(21-2)10-16(13)22-17/h3-10H,1H2,2H3. The molecule has 2 nitrogen and oxygen atoms in total. The summed E-state index contributed by atoms with van der Waals surface area (Å²) < 4.78 is 19.4. The van der Waals surface area contributed by atoms with Crippen LogP contribution in [0, 0.1) is 5.82 Å². The smallest absolute Gasteiger partial charge is 0.202 e. The first kappa shape index (κ1) is 14.5. The van der Waals surface area contributed by atoms with Crippen molar-refractivity contribution in [3.63, 3.8) is 0 Å². The summed E-state index contributed by atoms with van der Waals surface area (Å²) in [5.74, 6) is 0.176. The van der Waals surface area contributed by atoms with Gasteiger partial charge in [-0.25, -0.2) is 4.39 Å². The lowest BCUT2D eigenvalue weighted by Crippen LogP contribution is -1.99. The monoisotopic (exact) mass is 312 g/mol. The maximum Gasteiger partial charge on any atom is 0.202 e. The first-order valence-corrected chi connectivity index (χ1v) is 7.47. The minimum Gasteiger partial charge on any atom is -0.497 e. The van der Waals surface area contributed by atoms with Gasteiger partial charge in [0.2, 0.25) is 5.78 Å².